The largest absolute Gasteiger partial charge is 0.490 e. The lowest BCUT2D eigenvalue weighted by molar-refractivity contribution is -0.132. The number of halogens is 1. The van der Waals surface area contributed by atoms with Crippen molar-refractivity contribution < 1.29 is 22.3 Å². The lowest BCUT2D eigenvalue weighted by Gasteiger charge is -2.34. The highest BCUT2D eigenvalue weighted by atomic mass is 32.2. The molecule has 1 atom stereocenters. The smallest absolute Gasteiger partial charge is 0.227 e. The summed E-state index contributed by atoms with van der Waals surface area (Å²) < 4.78 is 42.1. The quantitative estimate of drug-likeness (QED) is 0.808. The first kappa shape index (κ1) is 17.1. The van der Waals surface area contributed by atoms with Gasteiger partial charge in [0.25, 0.3) is 0 Å². The molecule has 1 aromatic carbocycles. The molecule has 0 aromatic heterocycles. The van der Waals surface area contributed by atoms with Gasteiger partial charge in [-0.05, 0) is 12.1 Å². The molecule has 1 aromatic rings. The molecule has 5 nitrogen and oxygen atoms in total. The maximum Gasteiger partial charge on any atom is 0.227 e. The molecule has 0 spiro atoms. The van der Waals surface area contributed by atoms with Gasteiger partial charge in [0.15, 0.2) is 21.4 Å². The van der Waals surface area contributed by atoms with Crippen LogP contribution >= 0.6 is 11.8 Å². The van der Waals surface area contributed by atoms with Crippen LogP contribution in [-0.4, -0.2) is 55.5 Å². The van der Waals surface area contributed by atoms with E-state index in [4.69, 9.17) is 4.74 Å². The molecule has 0 radical (unpaired) electrons. The molecule has 1 amide bonds. The summed E-state index contributed by atoms with van der Waals surface area (Å²) in [6.07, 6.45) is 1.16. The number of sulfone groups is 1. The average molecular weight is 347 g/mol. The first-order valence-corrected chi connectivity index (χ1v) is 9.94. The summed E-state index contributed by atoms with van der Waals surface area (Å²) in [4.78, 5) is 13.6. The Morgan fingerprint density at radius 2 is 2.18 bits per heavy atom. The molecule has 1 aliphatic heterocycles. The van der Waals surface area contributed by atoms with Crippen LogP contribution in [0.1, 0.15) is 6.42 Å². The molecule has 1 aliphatic rings. The third-order valence-corrected chi connectivity index (χ3v) is 5.95. The standard InChI is InChI=1S/C14H18FNO4S2/c1-22(18,19)14-10-21-9-7-16(14)13(17)6-8-20-12-5-3-2-4-11(12)15/h2-5,14H,6-10H2,1H3. The third-order valence-electron chi connectivity index (χ3n) is 3.31. The zero-order valence-electron chi connectivity index (χ0n) is 12.2. The number of nitrogens with zero attached hydrogens (tertiary/aromatic N) is 1. The van der Waals surface area contributed by atoms with E-state index in [9.17, 15) is 17.6 Å². The molecule has 1 saturated heterocycles. The van der Waals surface area contributed by atoms with E-state index >= 15 is 0 Å². The number of carbonyl (C=O) groups is 1. The Morgan fingerprint density at radius 3 is 2.86 bits per heavy atom. The predicted octanol–water partition coefficient (Wildman–Crippen LogP) is 1.54. The molecule has 0 bridgehead atoms. The Kier molecular flexibility index (Phi) is 5.69. The summed E-state index contributed by atoms with van der Waals surface area (Å²) in [5.74, 6) is 0.416. The highest BCUT2D eigenvalue weighted by molar-refractivity contribution is 8.00. The fourth-order valence-corrected chi connectivity index (χ4v) is 5.01. The first-order valence-electron chi connectivity index (χ1n) is 6.83. The van der Waals surface area contributed by atoms with Gasteiger partial charge in [-0.25, -0.2) is 12.8 Å². The molecular formula is C14H18FNO4S2. The van der Waals surface area contributed by atoms with Crippen LogP contribution in [-0.2, 0) is 14.6 Å². The number of hydrogen-bond donors (Lipinski definition) is 0. The number of carbonyl (C=O) groups excluding carboxylic acids is 1. The molecule has 2 rings (SSSR count). The van der Waals surface area contributed by atoms with Crippen molar-refractivity contribution in [3.63, 3.8) is 0 Å². The highest BCUT2D eigenvalue weighted by Crippen LogP contribution is 2.21. The average Bonchev–Trinajstić information content (AvgIpc) is 2.48. The molecule has 22 heavy (non-hydrogen) atoms. The van der Waals surface area contributed by atoms with Crippen molar-refractivity contribution in [2.24, 2.45) is 0 Å². The van der Waals surface area contributed by atoms with Crippen molar-refractivity contribution in [3.05, 3.63) is 30.1 Å². The zero-order chi connectivity index (χ0) is 16.2. The molecule has 122 valence electrons. The summed E-state index contributed by atoms with van der Waals surface area (Å²) >= 11 is 1.52. The normalized spacial score (nSPS) is 19.0. The van der Waals surface area contributed by atoms with Crippen molar-refractivity contribution in [1.29, 1.82) is 0 Å². The van der Waals surface area contributed by atoms with Gasteiger partial charge in [-0.3, -0.25) is 4.79 Å². The molecule has 8 heteroatoms. The first-order chi connectivity index (χ1) is 10.4. The van der Waals surface area contributed by atoms with Crippen LogP contribution in [0.2, 0.25) is 0 Å². The second-order valence-corrected chi connectivity index (χ2v) is 8.33. The molecule has 1 heterocycles. The molecular weight excluding hydrogens is 329 g/mol. The van der Waals surface area contributed by atoms with Crippen LogP contribution in [0.25, 0.3) is 0 Å². The van der Waals surface area contributed by atoms with Gasteiger partial charge in [-0.2, -0.15) is 11.8 Å². The summed E-state index contributed by atoms with van der Waals surface area (Å²) in [6.45, 7) is 0.417. The highest BCUT2D eigenvalue weighted by Gasteiger charge is 2.33. The second-order valence-electron chi connectivity index (χ2n) is 4.98. The van der Waals surface area contributed by atoms with Crippen molar-refractivity contribution in [3.8, 4) is 5.75 Å². The summed E-state index contributed by atoms with van der Waals surface area (Å²) in [5.41, 5.74) is 0. The number of rotatable bonds is 5. The van der Waals surface area contributed by atoms with Gasteiger partial charge in [-0.1, -0.05) is 12.1 Å². The lowest BCUT2D eigenvalue weighted by atomic mass is 10.3. The minimum atomic E-state index is -3.32. The number of amides is 1. The van der Waals surface area contributed by atoms with E-state index in [1.807, 2.05) is 0 Å². The molecule has 0 saturated carbocycles. The van der Waals surface area contributed by atoms with Crippen LogP contribution in [0.15, 0.2) is 24.3 Å². The Labute approximate surface area is 133 Å². The van der Waals surface area contributed by atoms with Crippen LogP contribution in [0.3, 0.4) is 0 Å². The maximum atomic E-state index is 13.4. The zero-order valence-corrected chi connectivity index (χ0v) is 13.8. The van der Waals surface area contributed by atoms with Crippen molar-refractivity contribution in [2.45, 2.75) is 11.8 Å². The number of thioether (sulfide) groups is 1. The molecule has 1 unspecified atom stereocenters. The Hall–Kier alpha value is -1.28. The van der Waals surface area contributed by atoms with E-state index in [0.717, 1.165) is 6.26 Å². The fraction of sp³-hybridized carbons (Fsp3) is 0.500. The number of hydrogen-bond acceptors (Lipinski definition) is 5. The van der Waals surface area contributed by atoms with Gasteiger partial charge < -0.3 is 9.64 Å². The van der Waals surface area contributed by atoms with Gasteiger partial charge in [-0.15, -0.1) is 0 Å². The summed E-state index contributed by atoms with van der Waals surface area (Å²) in [7, 11) is -3.32. The van der Waals surface area contributed by atoms with Gasteiger partial charge >= 0.3 is 0 Å². The second kappa shape index (κ2) is 7.32. The van der Waals surface area contributed by atoms with Gasteiger partial charge in [0.1, 0.15) is 5.37 Å². The Balaban J connectivity index is 1.92. The van der Waals surface area contributed by atoms with Crippen molar-refractivity contribution >= 4 is 27.5 Å². The lowest BCUT2D eigenvalue weighted by Crippen LogP contribution is -2.50. The minimum absolute atomic E-state index is 0.0138. The Bertz CT molecular complexity index is 635. The third kappa shape index (κ3) is 4.36. The van der Waals surface area contributed by atoms with Crippen molar-refractivity contribution in [2.75, 3.05) is 30.9 Å². The molecule has 0 aliphatic carbocycles. The molecule has 0 N–H and O–H groups in total. The SMILES string of the molecule is CS(=O)(=O)C1CSCCN1C(=O)CCOc1ccccc1F. The van der Waals surface area contributed by atoms with E-state index in [1.54, 1.807) is 12.1 Å². The maximum absolute atomic E-state index is 13.4. The van der Waals surface area contributed by atoms with Gasteiger partial charge in [0, 0.05) is 24.3 Å². The number of para-hydroxylation sites is 1. The van der Waals surface area contributed by atoms with Crippen LogP contribution < -0.4 is 4.74 Å². The molecule has 1 fully saturated rings. The topological polar surface area (TPSA) is 63.7 Å². The van der Waals surface area contributed by atoms with E-state index in [2.05, 4.69) is 0 Å². The van der Waals surface area contributed by atoms with Gasteiger partial charge in [0.05, 0.1) is 13.0 Å². The van der Waals surface area contributed by atoms with E-state index < -0.39 is 21.0 Å². The van der Waals surface area contributed by atoms with E-state index in [1.165, 1.54) is 28.8 Å². The van der Waals surface area contributed by atoms with E-state index in [0.29, 0.717) is 18.1 Å². The summed E-state index contributed by atoms with van der Waals surface area (Å²) in [6, 6.07) is 5.95. The van der Waals surface area contributed by atoms with Gasteiger partial charge in [0.2, 0.25) is 5.91 Å². The minimum Gasteiger partial charge on any atom is -0.490 e. The predicted molar refractivity (Wildman–Crippen MR) is 84.2 cm³/mol. The Morgan fingerprint density at radius 1 is 1.45 bits per heavy atom. The fourth-order valence-electron chi connectivity index (χ4n) is 2.17. The monoisotopic (exact) mass is 347 g/mol. The van der Waals surface area contributed by atoms with Crippen LogP contribution in [0.4, 0.5) is 4.39 Å². The number of benzene rings is 1. The number of ether oxygens (including phenoxy) is 1. The van der Waals surface area contributed by atoms with Crippen molar-refractivity contribution in [1.82, 2.24) is 4.90 Å². The van der Waals surface area contributed by atoms with E-state index in [-0.39, 0.29) is 24.7 Å². The van der Waals surface area contributed by atoms with Crippen LogP contribution in [0.5, 0.6) is 5.75 Å². The summed E-state index contributed by atoms with van der Waals surface area (Å²) in [5, 5.41) is -0.785. The van der Waals surface area contributed by atoms with Crippen LogP contribution in [0, 0.1) is 5.82 Å².